The standard InChI is InChI=1S/C29H40N2O5/c1-17(2)29(18(3)4)14-22(24-10-9-23(33)13-26(24)36-29)15-30-19(5)7-8-21-11-25(31-20(6)32)28-27(12-21)34-16-35-28/h9-13,17-19,22,30,33H,7-8,14-16H2,1-6H3,(H,31,32). The van der Waals surface area contributed by atoms with Gasteiger partial charge in [-0.2, -0.15) is 0 Å². The van der Waals surface area contributed by atoms with Crippen LogP contribution < -0.4 is 24.8 Å². The summed E-state index contributed by atoms with van der Waals surface area (Å²) in [4.78, 5) is 11.6. The number of hydrogen-bond acceptors (Lipinski definition) is 6. The predicted molar refractivity (Wildman–Crippen MR) is 141 cm³/mol. The lowest BCUT2D eigenvalue weighted by molar-refractivity contribution is -0.114. The van der Waals surface area contributed by atoms with Gasteiger partial charge in [0, 0.05) is 31.5 Å². The first-order valence-corrected chi connectivity index (χ1v) is 13.0. The van der Waals surface area contributed by atoms with Crippen LogP contribution >= 0.6 is 0 Å². The normalized spacial score (nSPS) is 18.6. The Hall–Kier alpha value is -2.93. The number of carbonyl (C=O) groups excluding carboxylic acids is 1. The molecule has 7 nitrogen and oxygen atoms in total. The average molecular weight is 497 g/mol. The van der Waals surface area contributed by atoms with Gasteiger partial charge in [0.1, 0.15) is 17.1 Å². The summed E-state index contributed by atoms with van der Waals surface area (Å²) in [7, 11) is 0. The summed E-state index contributed by atoms with van der Waals surface area (Å²) >= 11 is 0. The number of phenolic OH excluding ortho intramolecular Hbond substituents is 1. The largest absolute Gasteiger partial charge is 0.508 e. The molecule has 2 aliphatic rings. The molecule has 2 unspecified atom stereocenters. The fourth-order valence-electron chi connectivity index (χ4n) is 5.57. The van der Waals surface area contributed by atoms with Crippen molar-refractivity contribution in [1.82, 2.24) is 5.32 Å². The molecule has 36 heavy (non-hydrogen) atoms. The van der Waals surface area contributed by atoms with Crippen LogP contribution in [-0.2, 0) is 11.2 Å². The fraction of sp³-hybridized carbons (Fsp3) is 0.552. The molecule has 0 aliphatic carbocycles. The van der Waals surface area contributed by atoms with Crippen molar-refractivity contribution in [2.45, 2.75) is 78.4 Å². The van der Waals surface area contributed by atoms with E-state index in [1.807, 2.05) is 18.2 Å². The maximum absolute atomic E-state index is 11.6. The van der Waals surface area contributed by atoms with Crippen LogP contribution in [0, 0.1) is 11.8 Å². The van der Waals surface area contributed by atoms with Gasteiger partial charge in [0.05, 0.1) is 5.69 Å². The number of fused-ring (bicyclic) bond motifs is 2. The van der Waals surface area contributed by atoms with Crippen molar-refractivity contribution in [1.29, 1.82) is 0 Å². The number of aryl methyl sites for hydroxylation is 1. The van der Waals surface area contributed by atoms with Gasteiger partial charge in [-0.25, -0.2) is 0 Å². The summed E-state index contributed by atoms with van der Waals surface area (Å²) in [5.41, 5.74) is 2.64. The smallest absolute Gasteiger partial charge is 0.231 e. The van der Waals surface area contributed by atoms with E-state index in [1.165, 1.54) is 6.92 Å². The van der Waals surface area contributed by atoms with E-state index in [-0.39, 0.29) is 30.1 Å². The molecule has 0 fully saturated rings. The van der Waals surface area contributed by atoms with Gasteiger partial charge in [0.25, 0.3) is 0 Å². The van der Waals surface area contributed by atoms with Crippen molar-refractivity contribution >= 4 is 11.6 Å². The van der Waals surface area contributed by atoms with Crippen LogP contribution in [0.4, 0.5) is 5.69 Å². The van der Waals surface area contributed by atoms with Crippen molar-refractivity contribution in [2.75, 3.05) is 18.7 Å². The number of carbonyl (C=O) groups is 1. The Morgan fingerprint density at radius 2 is 1.83 bits per heavy atom. The first kappa shape index (κ1) is 26.1. The third-order valence-electron chi connectivity index (χ3n) is 7.68. The maximum Gasteiger partial charge on any atom is 0.231 e. The summed E-state index contributed by atoms with van der Waals surface area (Å²) in [6.07, 6.45) is 2.71. The first-order chi connectivity index (χ1) is 17.1. The maximum atomic E-state index is 11.6. The van der Waals surface area contributed by atoms with E-state index in [9.17, 15) is 9.90 Å². The van der Waals surface area contributed by atoms with E-state index >= 15 is 0 Å². The van der Waals surface area contributed by atoms with E-state index in [4.69, 9.17) is 14.2 Å². The molecule has 7 heteroatoms. The van der Waals surface area contributed by atoms with Gasteiger partial charge in [0.2, 0.25) is 12.7 Å². The molecule has 0 saturated carbocycles. The lowest BCUT2D eigenvalue weighted by Gasteiger charge is -2.48. The molecule has 2 aliphatic heterocycles. The Bertz CT molecular complexity index is 1090. The zero-order chi connectivity index (χ0) is 26.0. The monoisotopic (exact) mass is 496 g/mol. The zero-order valence-corrected chi connectivity index (χ0v) is 22.3. The van der Waals surface area contributed by atoms with Gasteiger partial charge in [0.15, 0.2) is 11.5 Å². The molecule has 0 bridgehead atoms. The van der Waals surface area contributed by atoms with Gasteiger partial charge in [-0.1, -0.05) is 33.8 Å². The fourth-order valence-corrected chi connectivity index (χ4v) is 5.57. The van der Waals surface area contributed by atoms with Gasteiger partial charge in [-0.3, -0.25) is 4.79 Å². The lowest BCUT2D eigenvalue weighted by Crippen LogP contribution is -2.51. The van der Waals surface area contributed by atoms with Crippen LogP contribution in [0.15, 0.2) is 30.3 Å². The summed E-state index contributed by atoms with van der Waals surface area (Å²) in [6.45, 7) is 13.6. The van der Waals surface area contributed by atoms with Gasteiger partial charge in [-0.05, 0) is 67.3 Å². The quantitative estimate of drug-likeness (QED) is 0.418. The summed E-state index contributed by atoms with van der Waals surface area (Å²) in [6, 6.07) is 9.78. The number of anilines is 1. The van der Waals surface area contributed by atoms with E-state index in [1.54, 1.807) is 12.1 Å². The minimum absolute atomic E-state index is 0.135. The summed E-state index contributed by atoms with van der Waals surface area (Å²) < 4.78 is 17.7. The Labute approximate surface area is 214 Å². The van der Waals surface area contributed by atoms with Crippen LogP contribution in [0.5, 0.6) is 23.0 Å². The van der Waals surface area contributed by atoms with Gasteiger partial charge >= 0.3 is 0 Å². The molecular weight excluding hydrogens is 456 g/mol. The Balaban J connectivity index is 1.43. The highest BCUT2D eigenvalue weighted by Crippen LogP contribution is 2.48. The molecule has 1 amide bonds. The van der Waals surface area contributed by atoms with Crippen molar-refractivity contribution in [3.05, 3.63) is 41.5 Å². The highest BCUT2D eigenvalue weighted by atomic mass is 16.7. The first-order valence-electron chi connectivity index (χ1n) is 13.0. The molecule has 3 N–H and O–H groups in total. The van der Waals surface area contributed by atoms with Crippen LogP contribution in [0.2, 0.25) is 0 Å². The molecule has 0 spiro atoms. The molecule has 2 aromatic rings. The Morgan fingerprint density at radius 3 is 2.53 bits per heavy atom. The molecule has 2 heterocycles. The van der Waals surface area contributed by atoms with Crippen LogP contribution in [0.25, 0.3) is 0 Å². The summed E-state index contributed by atoms with van der Waals surface area (Å²) in [5.74, 6) is 3.16. The molecule has 196 valence electrons. The number of aromatic hydroxyl groups is 1. The average Bonchev–Trinajstić information content (AvgIpc) is 3.29. The van der Waals surface area contributed by atoms with Crippen LogP contribution in [-0.4, -0.2) is 36.0 Å². The minimum atomic E-state index is -0.275. The SMILES string of the molecule is CC(=O)Nc1cc(CCC(C)NCC2CC(C(C)C)(C(C)C)Oc3cc(O)ccc32)cc2c1OCO2. The number of amides is 1. The number of benzene rings is 2. The van der Waals surface area contributed by atoms with Crippen molar-refractivity contribution in [2.24, 2.45) is 11.8 Å². The predicted octanol–water partition coefficient (Wildman–Crippen LogP) is 5.61. The second kappa shape index (κ2) is 10.6. The van der Waals surface area contributed by atoms with Crippen LogP contribution in [0.1, 0.15) is 71.4 Å². The number of ether oxygens (including phenoxy) is 3. The lowest BCUT2D eigenvalue weighted by atomic mass is 9.71. The second-order valence-electron chi connectivity index (χ2n) is 10.9. The van der Waals surface area contributed by atoms with E-state index in [2.05, 4.69) is 45.3 Å². The second-order valence-corrected chi connectivity index (χ2v) is 10.9. The summed E-state index contributed by atoms with van der Waals surface area (Å²) in [5, 5.41) is 16.7. The Morgan fingerprint density at radius 1 is 1.08 bits per heavy atom. The van der Waals surface area contributed by atoms with E-state index in [0.29, 0.717) is 34.9 Å². The highest BCUT2D eigenvalue weighted by Gasteiger charge is 2.45. The third-order valence-corrected chi connectivity index (χ3v) is 7.68. The van der Waals surface area contributed by atoms with E-state index in [0.717, 1.165) is 42.7 Å². The van der Waals surface area contributed by atoms with Gasteiger partial charge in [-0.15, -0.1) is 0 Å². The van der Waals surface area contributed by atoms with Crippen molar-refractivity contribution < 1.29 is 24.1 Å². The number of nitrogens with one attached hydrogen (secondary N) is 2. The van der Waals surface area contributed by atoms with Crippen LogP contribution in [0.3, 0.4) is 0 Å². The van der Waals surface area contributed by atoms with Crippen molar-refractivity contribution in [3.8, 4) is 23.0 Å². The topological polar surface area (TPSA) is 89.1 Å². The number of rotatable bonds is 9. The number of phenols is 1. The molecule has 4 rings (SSSR count). The minimum Gasteiger partial charge on any atom is -0.508 e. The molecular formula is C29H40N2O5. The zero-order valence-electron chi connectivity index (χ0n) is 22.3. The van der Waals surface area contributed by atoms with Gasteiger partial charge < -0.3 is 30.0 Å². The number of hydrogen-bond donors (Lipinski definition) is 3. The molecule has 0 saturated heterocycles. The molecule has 2 aromatic carbocycles. The van der Waals surface area contributed by atoms with E-state index < -0.39 is 0 Å². The Kier molecular flexibility index (Phi) is 7.69. The van der Waals surface area contributed by atoms with Crippen molar-refractivity contribution in [3.63, 3.8) is 0 Å². The molecule has 0 aromatic heterocycles. The molecule has 0 radical (unpaired) electrons. The highest BCUT2D eigenvalue weighted by molar-refractivity contribution is 5.91. The molecule has 2 atom stereocenters. The third kappa shape index (κ3) is 5.41.